The number of amides is 2. The number of piperidine rings is 1. The van der Waals surface area contributed by atoms with E-state index in [-0.39, 0.29) is 55.6 Å². The molecule has 2 heterocycles. The van der Waals surface area contributed by atoms with Gasteiger partial charge in [0, 0.05) is 25.2 Å². The van der Waals surface area contributed by atoms with E-state index in [9.17, 15) is 28.0 Å². The molecule has 3 aliphatic rings. The van der Waals surface area contributed by atoms with E-state index >= 15 is 0 Å². The van der Waals surface area contributed by atoms with E-state index in [1.54, 1.807) is 0 Å². The molecular formula is C20H25F3N6O2. The highest BCUT2D eigenvalue weighted by Gasteiger charge is 2.51. The molecule has 31 heavy (non-hydrogen) atoms. The van der Waals surface area contributed by atoms with Gasteiger partial charge in [-0.1, -0.05) is 0 Å². The van der Waals surface area contributed by atoms with Gasteiger partial charge in [0.25, 0.3) is 5.91 Å². The number of nitrogens with two attached hydrogens (primary N) is 1. The Morgan fingerprint density at radius 1 is 1.32 bits per heavy atom. The Balaban J connectivity index is 1.51. The molecule has 0 aromatic carbocycles. The fraction of sp³-hybridized carbons (Fsp3) is 0.700. The summed E-state index contributed by atoms with van der Waals surface area (Å²) >= 11 is 0. The molecule has 3 fully saturated rings. The first-order chi connectivity index (χ1) is 14.6. The van der Waals surface area contributed by atoms with Crippen LogP contribution in [0, 0.1) is 29.1 Å². The van der Waals surface area contributed by atoms with Gasteiger partial charge in [0.2, 0.25) is 5.91 Å². The summed E-state index contributed by atoms with van der Waals surface area (Å²) in [6.07, 6.45) is 0.781. The number of nitrogens with zero attached hydrogens (tertiary/aromatic N) is 4. The first-order valence-electron chi connectivity index (χ1n) is 10.5. The van der Waals surface area contributed by atoms with Crippen molar-refractivity contribution in [1.29, 1.82) is 5.26 Å². The van der Waals surface area contributed by atoms with Crippen molar-refractivity contribution in [1.82, 2.24) is 14.7 Å². The quantitative estimate of drug-likeness (QED) is 0.677. The van der Waals surface area contributed by atoms with Gasteiger partial charge in [-0.05, 0) is 43.9 Å². The van der Waals surface area contributed by atoms with Crippen molar-refractivity contribution < 1.29 is 22.8 Å². The molecule has 2 atom stereocenters. The summed E-state index contributed by atoms with van der Waals surface area (Å²) < 4.78 is 39.6. The minimum absolute atomic E-state index is 0.0203. The van der Waals surface area contributed by atoms with Crippen LogP contribution in [0.15, 0.2) is 6.20 Å². The van der Waals surface area contributed by atoms with Crippen LogP contribution >= 0.6 is 0 Å². The predicted molar refractivity (Wildman–Crippen MR) is 104 cm³/mol. The van der Waals surface area contributed by atoms with Gasteiger partial charge in [-0.3, -0.25) is 19.2 Å². The Morgan fingerprint density at radius 3 is 2.55 bits per heavy atom. The van der Waals surface area contributed by atoms with E-state index in [4.69, 9.17) is 5.73 Å². The lowest BCUT2D eigenvalue weighted by atomic mass is 9.85. The molecule has 0 bridgehead atoms. The number of nitriles is 1. The second-order valence-corrected chi connectivity index (χ2v) is 8.98. The number of halogens is 3. The third kappa shape index (κ3) is 4.69. The number of nitrogens with one attached hydrogen (secondary N) is 1. The molecule has 0 radical (unpaired) electrons. The van der Waals surface area contributed by atoms with Crippen LogP contribution in [0.25, 0.3) is 0 Å². The molecule has 2 aliphatic carbocycles. The molecule has 1 saturated heterocycles. The van der Waals surface area contributed by atoms with Crippen LogP contribution in [0.4, 0.5) is 19.0 Å². The van der Waals surface area contributed by atoms with Gasteiger partial charge in [-0.25, -0.2) is 0 Å². The molecule has 168 valence electrons. The summed E-state index contributed by atoms with van der Waals surface area (Å²) in [6, 6.07) is 2.09. The molecule has 0 spiro atoms. The highest BCUT2D eigenvalue weighted by molar-refractivity contribution is 6.02. The Hall–Kier alpha value is -2.61. The first kappa shape index (κ1) is 21.6. The molecule has 2 amide bonds. The van der Waals surface area contributed by atoms with E-state index in [0.717, 1.165) is 19.3 Å². The predicted octanol–water partition coefficient (Wildman–Crippen LogP) is 2.23. The maximum Gasteiger partial charge on any atom is 0.401 e. The van der Waals surface area contributed by atoms with Crippen LogP contribution in [-0.2, 0) is 10.3 Å². The topological polar surface area (TPSA) is 117 Å². The van der Waals surface area contributed by atoms with Crippen LogP contribution < -0.4 is 11.1 Å². The number of primary amides is 1. The van der Waals surface area contributed by atoms with Gasteiger partial charge in [0.15, 0.2) is 5.82 Å². The monoisotopic (exact) mass is 438 g/mol. The highest BCUT2D eigenvalue weighted by atomic mass is 19.4. The van der Waals surface area contributed by atoms with Crippen molar-refractivity contribution in [3.63, 3.8) is 0 Å². The lowest BCUT2D eigenvalue weighted by Gasteiger charge is -2.40. The minimum Gasteiger partial charge on any atom is -0.365 e. The normalized spacial score (nSPS) is 25.6. The Morgan fingerprint density at radius 2 is 2.00 bits per heavy atom. The molecule has 8 nitrogen and oxygen atoms in total. The second-order valence-electron chi connectivity index (χ2n) is 8.98. The van der Waals surface area contributed by atoms with Gasteiger partial charge in [0.1, 0.15) is 5.56 Å². The van der Waals surface area contributed by atoms with Crippen molar-refractivity contribution in [3.8, 4) is 6.07 Å². The van der Waals surface area contributed by atoms with Gasteiger partial charge in [-0.2, -0.15) is 23.5 Å². The Kier molecular flexibility index (Phi) is 5.45. The van der Waals surface area contributed by atoms with Gasteiger partial charge < -0.3 is 11.1 Å². The van der Waals surface area contributed by atoms with Crippen LogP contribution in [0.1, 0.15) is 48.9 Å². The van der Waals surface area contributed by atoms with Crippen LogP contribution in [0.5, 0.6) is 0 Å². The lowest BCUT2D eigenvalue weighted by Crippen LogP contribution is -2.48. The summed E-state index contributed by atoms with van der Waals surface area (Å²) in [5, 5.41) is 16.4. The van der Waals surface area contributed by atoms with Gasteiger partial charge in [-0.15, -0.1) is 0 Å². The van der Waals surface area contributed by atoms with Crippen LogP contribution in [0.2, 0.25) is 0 Å². The summed E-state index contributed by atoms with van der Waals surface area (Å²) in [6.45, 7) is -0.730. The SMILES string of the molecule is N#CCC1(n2cc(C(N)=O)c(NC(=O)[C@H]3C[C@H]3C3CC3)n2)CCN(CC(F)(F)F)CC1. The summed E-state index contributed by atoms with van der Waals surface area (Å²) in [7, 11) is 0. The van der Waals surface area contributed by atoms with Crippen molar-refractivity contribution >= 4 is 17.6 Å². The molecule has 1 aromatic heterocycles. The molecule has 4 rings (SSSR count). The average molecular weight is 438 g/mol. The van der Waals surface area contributed by atoms with E-state index in [2.05, 4.69) is 16.5 Å². The molecule has 2 saturated carbocycles. The maximum absolute atomic E-state index is 12.7. The third-order valence-electron chi connectivity index (χ3n) is 6.71. The Labute approximate surface area is 177 Å². The Bertz CT molecular complexity index is 909. The van der Waals surface area contributed by atoms with E-state index in [0.29, 0.717) is 11.8 Å². The van der Waals surface area contributed by atoms with Crippen molar-refractivity contribution in [3.05, 3.63) is 11.8 Å². The summed E-state index contributed by atoms with van der Waals surface area (Å²) in [5.74, 6) is 0.00873. The zero-order chi connectivity index (χ0) is 22.4. The molecule has 1 aliphatic heterocycles. The lowest BCUT2D eigenvalue weighted by molar-refractivity contribution is -0.150. The number of hydrogen-bond acceptors (Lipinski definition) is 5. The number of carbonyl (C=O) groups is 2. The van der Waals surface area contributed by atoms with Crippen molar-refractivity contribution in [2.75, 3.05) is 25.0 Å². The number of likely N-dealkylation sites (tertiary alicyclic amines) is 1. The first-order valence-corrected chi connectivity index (χ1v) is 10.5. The van der Waals surface area contributed by atoms with E-state index in [1.165, 1.54) is 15.8 Å². The number of aromatic nitrogens is 2. The fourth-order valence-electron chi connectivity index (χ4n) is 4.68. The summed E-state index contributed by atoms with van der Waals surface area (Å²) in [5.41, 5.74) is 4.65. The largest absolute Gasteiger partial charge is 0.401 e. The number of rotatable bonds is 7. The third-order valence-corrected chi connectivity index (χ3v) is 6.71. The molecule has 11 heteroatoms. The van der Waals surface area contributed by atoms with Gasteiger partial charge >= 0.3 is 6.18 Å². The minimum atomic E-state index is -4.29. The van der Waals surface area contributed by atoms with Crippen LogP contribution in [-0.4, -0.2) is 52.3 Å². The van der Waals surface area contributed by atoms with E-state index < -0.39 is 24.2 Å². The second kappa shape index (κ2) is 7.82. The zero-order valence-electron chi connectivity index (χ0n) is 17.0. The standard InChI is InChI=1S/C20H25F3N6O2/c21-20(22,23)11-28-7-4-19(3-6-24,5-8-28)29-10-15(16(25)30)17(27-29)26-18(31)14-9-13(14)12-1-2-12/h10,12-14H,1-5,7-9,11H2,(H2,25,30)(H,26,27,31)/t13-,14-/m0/s1. The number of alkyl halides is 3. The average Bonchev–Trinajstić information content (AvgIpc) is 3.58. The zero-order valence-corrected chi connectivity index (χ0v) is 17.0. The number of hydrogen-bond donors (Lipinski definition) is 2. The molecule has 3 N–H and O–H groups in total. The van der Waals surface area contributed by atoms with Crippen molar-refractivity contribution in [2.24, 2.45) is 23.5 Å². The van der Waals surface area contributed by atoms with Gasteiger partial charge in [0.05, 0.1) is 24.6 Å². The number of carbonyl (C=O) groups excluding carboxylic acids is 2. The highest BCUT2D eigenvalue weighted by Crippen LogP contribution is 2.54. The maximum atomic E-state index is 12.7. The molecule has 1 aromatic rings. The fourth-order valence-corrected chi connectivity index (χ4v) is 4.68. The molecule has 0 unspecified atom stereocenters. The smallest absolute Gasteiger partial charge is 0.365 e. The number of anilines is 1. The van der Waals surface area contributed by atoms with Crippen molar-refractivity contribution in [2.45, 2.75) is 50.2 Å². The summed E-state index contributed by atoms with van der Waals surface area (Å²) in [4.78, 5) is 25.8. The van der Waals surface area contributed by atoms with E-state index in [1.807, 2.05) is 0 Å². The van der Waals surface area contributed by atoms with Crippen LogP contribution in [0.3, 0.4) is 0 Å². The molecular weight excluding hydrogens is 413 g/mol.